The van der Waals surface area contributed by atoms with Gasteiger partial charge in [0.15, 0.2) is 0 Å². The molecule has 0 atom stereocenters. The molecular weight excluding hydrogens is 222 g/mol. The summed E-state index contributed by atoms with van der Waals surface area (Å²) in [6.45, 7) is 9.71. The van der Waals surface area contributed by atoms with Crippen molar-refractivity contribution in [2.75, 3.05) is 13.1 Å². The molecule has 0 aliphatic rings. The van der Waals surface area contributed by atoms with Crippen molar-refractivity contribution in [2.45, 2.75) is 40.2 Å². The van der Waals surface area contributed by atoms with Crippen molar-refractivity contribution in [2.24, 2.45) is 0 Å². The minimum atomic E-state index is 0.921. The molecule has 1 aromatic heterocycles. The van der Waals surface area contributed by atoms with E-state index in [-0.39, 0.29) is 0 Å². The van der Waals surface area contributed by atoms with Gasteiger partial charge in [-0.05, 0) is 44.1 Å². The first-order chi connectivity index (χ1) is 8.72. The Balaban J connectivity index is 2.10. The fourth-order valence-corrected chi connectivity index (χ4v) is 2.19. The largest absolute Gasteiger partial charge is 0.341 e. The van der Waals surface area contributed by atoms with Gasteiger partial charge in [0.2, 0.25) is 0 Å². The number of aromatic nitrogens is 2. The number of hydrogen-bond acceptors (Lipinski definition) is 2. The molecule has 0 saturated carbocycles. The number of nitrogens with zero attached hydrogens (tertiary/aromatic N) is 2. The average Bonchev–Trinajstić information content (AvgIpc) is 2.75. The Kier molecular flexibility index (Phi) is 4.37. The fraction of sp³-hybridized carbons (Fsp3) is 0.533. The van der Waals surface area contributed by atoms with Gasteiger partial charge in [-0.3, -0.25) is 4.90 Å². The molecule has 3 heteroatoms. The molecule has 1 aromatic carbocycles. The van der Waals surface area contributed by atoms with Gasteiger partial charge in [0.05, 0.1) is 17.6 Å². The average molecular weight is 245 g/mol. The van der Waals surface area contributed by atoms with Crippen LogP contribution in [0.2, 0.25) is 0 Å². The van der Waals surface area contributed by atoms with Crippen LogP contribution in [0.5, 0.6) is 0 Å². The van der Waals surface area contributed by atoms with E-state index in [1.807, 2.05) is 0 Å². The third kappa shape index (κ3) is 3.10. The second-order valence-corrected chi connectivity index (χ2v) is 4.93. The first-order valence-corrected chi connectivity index (χ1v) is 6.90. The van der Waals surface area contributed by atoms with E-state index >= 15 is 0 Å². The van der Waals surface area contributed by atoms with Gasteiger partial charge in [0.1, 0.15) is 5.82 Å². The summed E-state index contributed by atoms with van der Waals surface area (Å²) in [5.74, 6) is 1.08. The summed E-state index contributed by atoms with van der Waals surface area (Å²) >= 11 is 0. The van der Waals surface area contributed by atoms with Crippen molar-refractivity contribution < 1.29 is 0 Å². The van der Waals surface area contributed by atoms with Crippen LogP contribution >= 0.6 is 0 Å². The van der Waals surface area contributed by atoms with Crippen molar-refractivity contribution in [3.8, 4) is 0 Å². The molecule has 1 heterocycles. The molecule has 2 aromatic rings. The summed E-state index contributed by atoms with van der Waals surface area (Å²) in [4.78, 5) is 10.5. The summed E-state index contributed by atoms with van der Waals surface area (Å²) in [5, 5.41) is 0. The Bertz CT molecular complexity index is 501. The maximum absolute atomic E-state index is 4.65. The number of nitrogens with one attached hydrogen (secondary N) is 1. The lowest BCUT2D eigenvalue weighted by molar-refractivity contribution is 0.269. The van der Waals surface area contributed by atoms with Crippen LogP contribution in [0.4, 0.5) is 0 Å². The van der Waals surface area contributed by atoms with Gasteiger partial charge in [-0.2, -0.15) is 0 Å². The molecule has 0 aliphatic carbocycles. The molecule has 0 bridgehead atoms. The number of rotatable bonds is 6. The van der Waals surface area contributed by atoms with E-state index in [1.54, 1.807) is 0 Å². The molecule has 1 N–H and O–H groups in total. The fourth-order valence-electron chi connectivity index (χ4n) is 2.19. The Labute approximate surface area is 109 Å². The van der Waals surface area contributed by atoms with Crippen molar-refractivity contribution in [3.05, 3.63) is 29.6 Å². The van der Waals surface area contributed by atoms with Crippen LogP contribution in [0.3, 0.4) is 0 Å². The van der Waals surface area contributed by atoms with E-state index in [0.717, 1.165) is 36.5 Å². The molecule has 0 aliphatic heterocycles. The quantitative estimate of drug-likeness (QED) is 0.844. The Morgan fingerprint density at radius 3 is 2.83 bits per heavy atom. The third-order valence-corrected chi connectivity index (χ3v) is 3.33. The molecule has 0 spiro atoms. The van der Waals surface area contributed by atoms with E-state index in [4.69, 9.17) is 0 Å². The molecule has 18 heavy (non-hydrogen) atoms. The van der Waals surface area contributed by atoms with Crippen molar-refractivity contribution in [3.63, 3.8) is 0 Å². The van der Waals surface area contributed by atoms with Crippen LogP contribution < -0.4 is 0 Å². The highest BCUT2D eigenvalue weighted by atomic mass is 15.1. The minimum Gasteiger partial charge on any atom is -0.341 e. The number of benzene rings is 1. The minimum absolute atomic E-state index is 0.921. The Hall–Kier alpha value is -1.35. The molecule has 0 unspecified atom stereocenters. The van der Waals surface area contributed by atoms with Crippen LogP contribution in [0.1, 0.15) is 38.1 Å². The van der Waals surface area contributed by atoms with Gasteiger partial charge in [-0.1, -0.05) is 26.3 Å². The number of imidazole rings is 1. The van der Waals surface area contributed by atoms with Crippen LogP contribution in [0.25, 0.3) is 11.0 Å². The predicted molar refractivity (Wildman–Crippen MR) is 76.7 cm³/mol. The zero-order chi connectivity index (χ0) is 13.0. The second-order valence-electron chi connectivity index (χ2n) is 4.93. The summed E-state index contributed by atoms with van der Waals surface area (Å²) in [7, 11) is 0. The van der Waals surface area contributed by atoms with Crippen LogP contribution in [-0.2, 0) is 6.54 Å². The lowest BCUT2D eigenvalue weighted by Gasteiger charge is -2.18. The Morgan fingerprint density at radius 2 is 2.11 bits per heavy atom. The second kappa shape index (κ2) is 6.01. The lowest BCUT2D eigenvalue weighted by Crippen LogP contribution is -2.24. The first-order valence-electron chi connectivity index (χ1n) is 6.90. The number of fused-ring (bicyclic) bond motifs is 1. The van der Waals surface area contributed by atoms with Gasteiger partial charge in [-0.15, -0.1) is 0 Å². The van der Waals surface area contributed by atoms with Gasteiger partial charge in [0, 0.05) is 0 Å². The topological polar surface area (TPSA) is 31.9 Å². The molecular formula is C15H23N3. The number of aromatic amines is 1. The van der Waals surface area contributed by atoms with Gasteiger partial charge < -0.3 is 4.98 Å². The van der Waals surface area contributed by atoms with E-state index in [1.165, 1.54) is 18.4 Å². The van der Waals surface area contributed by atoms with Crippen molar-refractivity contribution in [1.82, 2.24) is 14.9 Å². The highest BCUT2D eigenvalue weighted by Gasteiger charge is 2.07. The standard InChI is InChI=1S/C15H23N3/c1-4-6-9-18(5-2)11-15-16-13-8-7-12(3)10-14(13)17-15/h7-8,10H,4-6,9,11H2,1-3H3,(H,16,17). The molecule has 0 saturated heterocycles. The highest BCUT2D eigenvalue weighted by molar-refractivity contribution is 5.75. The summed E-state index contributed by atoms with van der Waals surface area (Å²) in [5.41, 5.74) is 3.50. The molecule has 98 valence electrons. The van der Waals surface area contributed by atoms with Gasteiger partial charge in [-0.25, -0.2) is 4.98 Å². The maximum Gasteiger partial charge on any atom is 0.121 e. The molecule has 2 rings (SSSR count). The molecule has 0 radical (unpaired) electrons. The zero-order valence-electron chi connectivity index (χ0n) is 11.7. The normalized spacial score (nSPS) is 11.6. The van der Waals surface area contributed by atoms with Gasteiger partial charge >= 0.3 is 0 Å². The number of hydrogen-bond donors (Lipinski definition) is 1. The lowest BCUT2D eigenvalue weighted by atomic mass is 10.2. The van der Waals surface area contributed by atoms with Crippen LogP contribution in [0, 0.1) is 6.92 Å². The first kappa shape index (κ1) is 13.1. The van der Waals surface area contributed by atoms with E-state index in [2.05, 4.69) is 53.8 Å². The summed E-state index contributed by atoms with van der Waals surface area (Å²) in [6, 6.07) is 6.36. The predicted octanol–water partition coefficient (Wildman–Crippen LogP) is 3.49. The van der Waals surface area contributed by atoms with E-state index in [0.29, 0.717) is 0 Å². The number of unbranched alkanes of at least 4 members (excludes halogenated alkanes) is 1. The molecule has 0 fully saturated rings. The van der Waals surface area contributed by atoms with Crippen LogP contribution in [0.15, 0.2) is 18.2 Å². The van der Waals surface area contributed by atoms with E-state index in [9.17, 15) is 0 Å². The highest BCUT2D eigenvalue weighted by Crippen LogP contribution is 2.14. The zero-order valence-corrected chi connectivity index (χ0v) is 11.7. The number of H-pyrrole nitrogens is 1. The Morgan fingerprint density at radius 1 is 1.28 bits per heavy atom. The summed E-state index contributed by atoms with van der Waals surface area (Å²) < 4.78 is 0. The van der Waals surface area contributed by atoms with E-state index < -0.39 is 0 Å². The van der Waals surface area contributed by atoms with Crippen molar-refractivity contribution >= 4 is 11.0 Å². The summed E-state index contributed by atoms with van der Waals surface area (Å²) in [6.07, 6.45) is 2.50. The van der Waals surface area contributed by atoms with Gasteiger partial charge in [0.25, 0.3) is 0 Å². The third-order valence-electron chi connectivity index (χ3n) is 3.33. The maximum atomic E-state index is 4.65. The smallest absolute Gasteiger partial charge is 0.121 e. The monoisotopic (exact) mass is 245 g/mol. The van der Waals surface area contributed by atoms with Crippen molar-refractivity contribution in [1.29, 1.82) is 0 Å². The molecule has 3 nitrogen and oxygen atoms in total. The molecule has 0 amide bonds. The SMILES string of the molecule is CCCCN(CC)Cc1nc2ccc(C)cc2[nH]1. The number of aryl methyl sites for hydroxylation is 1. The van der Waals surface area contributed by atoms with Crippen LogP contribution in [-0.4, -0.2) is 28.0 Å².